The van der Waals surface area contributed by atoms with Crippen LogP contribution in [0.25, 0.3) is 12.2 Å². The number of rotatable bonds is 19. The first-order valence-electron chi connectivity index (χ1n) is 15.1. The van der Waals surface area contributed by atoms with Crippen molar-refractivity contribution in [3.8, 4) is 12.0 Å². The van der Waals surface area contributed by atoms with Crippen molar-refractivity contribution in [2.45, 2.75) is 9.79 Å². The molecule has 0 fully saturated rings. The SMILES string of the molecule is COc1nc(NCCS(=O)(=O)[O-])nc(Nc2ccc(/C=C/c3ccc(Nc4nc(OC)nc(N(CCO)CCO)n4)cc3S(=O)(=O)[O-])c(S(=O)(=O)[O-])c2)n1.[Na+].[Na+].[Na+]. The molecule has 0 aliphatic carbocycles. The number of aliphatic hydroxyl groups excluding tert-OH is 2. The fraction of sp³-hybridized carbons (Fsp3) is 0.286. The number of aliphatic hydroxyl groups is 2. The van der Waals surface area contributed by atoms with E-state index in [1.807, 2.05) is 0 Å². The molecule has 4 aromatic rings. The summed E-state index contributed by atoms with van der Waals surface area (Å²) in [5.41, 5.74) is -0.365. The molecular formula is C28H31N10Na3O13S3. The molecule has 0 saturated heterocycles. The van der Waals surface area contributed by atoms with E-state index in [0.29, 0.717) is 0 Å². The third kappa shape index (κ3) is 16.3. The van der Waals surface area contributed by atoms with Gasteiger partial charge in [-0.1, -0.05) is 24.3 Å². The van der Waals surface area contributed by atoms with Crippen LogP contribution in [0.5, 0.6) is 12.0 Å². The van der Waals surface area contributed by atoms with Crippen LogP contribution in [0.15, 0.2) is 46.2 Å². The fourth-order valence-electron chi connectivity index (χ4n) is 4.43. The van der Waals surface area contributed by atoms with E-state index < -0.39 is 45.9 Å². The van der Waals surface area contributed by atoms with Crippen LogP contribution < -0.4 is 119 Å². The van der Waals surface area contributed by atoms with Crippen molar-refractivity contribution >= 4 is 77.7 Å². The van der Waals surface area contributed by atoms with Crippen LogP contribution >= 0.6 is 0 Å². The Morgan fingerprint density at radius 1 is 0.667 bits per heavy atom. The van der Waals surface area contributed by atoms with Gasteiger partial charge in [0, 0.05) is 31.0 Å². The van der Waals surface area contributed by atoms with Gasteiger partial charge in [-0.05, 0) is 35.4 Å². The molecule has 29 heteroatoms. The zero-order chi connectivity index (χ0) is 39.7. The van der Waals surface area contributed by atoms with Crippen LogP contribution in [-0.2, 0) is 30.4 Å². The smallest absolute Gasteiger partial charge is 0.748 e. The summed E-state index contributed by atoms with van der Waals surface area (Å²) < 4.78 is 117. The van der Waals surface area contributed by atoms with Gasteiger partial charge in [0.15, 0.2) is 0 Å². The Bertz CT molecular complexity index is 2340. The van der Waals surface area contributed by atoms with Gasteiger partial charge in [0.05, 0.1) is 53.1 Å². The normalized spacial score (nSPS) is 11.4. The van der Waals surface area contributed by atoms with Crippen molar-refractivity contribution in [3.05, 3.63) is 47.5 Å². The minimum Gasteiger partial charge on any atom is -0.748 e. The predicted molar refractivity (Wildman–Crippen MR) is 187 cm³/mol. The van der Waals surface area contributed by atoms with Crippen LogP contribution in [0.4, 0.5) is 35.2 Å². The van der Waals surface area contributed by atoms with Gasteiger partial charge in [-0.3, -0.25) is 0 Å². The molecule has 23 nitrogen and oxygen atoms in total. The molecule has 0 spiro atoms. The second-order valence-electron chi connectivity index (χ2n) is 10.5. The van der Waals surface area contributed by atoms with E-state index in [4.69, 9.17) is 9.47 Å². The van der Waals surface area contributed by atoms with E-state index in [1.54, 1.807) is 0 Å². The van der Waals surface area contributed by atoms with E-state index in [2.05, 4.69) is 45.9 Å². The van der Waals surface area contributed by atoms with Gasteiger partial charge >= 0.3 is 101 Å². The Morgan fingerprint density at radius 3 is 1.53 bits per heavy atom. The molecule has 5 N–H and O–H groups in total. The number of ether oxygens (including phenoxy) is 2. The van der Waals surface area contributed by atoms with Gasteiger partial charge < -0.3 is 54.2 Å². The summed E-state index contributed by atoms with van der Waals surface area (Å²) in [5.74, 6) is -1.34. The summed E-state index contributed by atoms with van der Waals surface area (Å²) in [5, 5.41) is 26.7. The monoisotopic (exact) mass is 880 g/mol. The summed E-state index contributed by atoms with van der Waals surface area (Å²) in [6, 6.07) is 6.60. The van der Waals surface area contributed by atoms with Gasteiger partial charge in [-0.25, -0.2) is 25.3 Å². The fourth-order valence-corrected chi connectivity index (χ4v) is 6.17. The Kier molecular flexibility index (Phi) is 21.7. The average Bonchev–Trinajstić information content (AvgIpc) is 3.09. The first-order chi connectivity index (χ1) is 25.4. The third-order valence-electron chi connectivity index (χ3n) is 6.76. The maximum absolute atomic E-state index is 12.3. The van der Waals surface area contributed by atoms with E-state index in [9.17, 15) is 49.1 Å². The number of benzene rings is 2. The van der Waals surface area contributed by atoms with Gasteiger partial charge in [0.25, 0.3) is 0 Å². The standard InChI is InChI=1S/C28H34N10O13S3.3Na/c1-50-27-34-23(29-9-14-52(41,42)43)32-24(35-27)30-19-7-5-17(21(15-19)53(44,45)46)3-4-18-6-8-20(16-22(18)54(47,48)49)31-25-33-26(37-28(36-25)51-2)38(10-12-39)11-13-40;;;/h3-8,15-16,39-40H,9-14H2,1-2H3,(H,41,42,43)(H,44,45,46)(H,47,48,49)(H,31,33,36,37)(H2,29,30,32,34,35);;;/q;3*+1/p-3/b4-3+;;;. The number of aromatic nitrogens is 6. The van der Waals surface area contributed by atoms with Crippen molar-refractivity contribution in [2.24, 2.45) is 0 Å². The van der Waals surface area contributed by atoms with Gasteiger partial charge in [0.1, 0.15) is 20.2 Å². The van der Waals surface area contributed by atoms with Gasteiger partial charge in [0.2, 0.25) is 23.8 Å². The Morgan fingerprint density at radius 2 is 1.11 bits per heavy atom. The maximum atomic E-state index is 12.3. The molecule has 2 heterocycles. The molecule has 0 atom stereocenters. The molecule has 57 heavy (non-hydrogen) atoms. The number of hydrogen-bond acceptors (Lipinski definition) is 23. The van der Waals surface area contributed by atoms with Crippen LogP contribution in [0, 0.1) is 0 Å². The van der Waals surface area contributed by atoms with Crippen LogP contribution in [0.1, 0.15) is 11.1 Å². The number of nitrogens with one attached hydrogen (secondary N) is 3. The molecule has 0 aliphatic heterocycles. The van der Waals surface area contributed by atoms with E-state index in [1.165, 1.54) is 43.4 Å². The van der Waals surface area contributed by atoms with Crippen molar-refractivity contribution < 1.29 is 147 Å². The summed E-state index contributed by atoms with van der Waals surface area (Å²) >= 11 is 0. The number of methoxy groups -OCH3 is 2. The summed E-state index contributed by atoms with van der Waals surface area (Å²) in [6.07, 6.45) is 2.21. The van der Waals surface area contributed by atoms with Crippen molar-refractivity contribution in [3.63, 3.8) is 0 Å². The van der Waals surface area contributed by atoms with Crippen LogP contribution in [0.2, 0.25) is 0 Å². The van der Waals surface area contributed by atoms with Crippen LogP contribution in [-0.4, -0.2) is 132 Å². The minimum atomic E-state index is -5.17. The topological polar surface area (TPSA) is 347 Å². The molecule has 292 valence electrons. The Labute approximate surface area is 393 Å². The second kappa shape index (κ2) is 23.4. The van der Waals surface area contributed by atoms with Gasteiger partial charge in [-0.15, -0.1) is 0 Å². The first-order valence-corrected chi connectivity index (χ1v) is 19.5. The van der Waals surface area contributed by atoms with Gasteiger partial charge in [-0.2, -0.15) is 29.9 Å². The first kappa shape index (κ1) is 52.7. The largest absolute Gasteiger partial charge is 1.00 e. The van der Waals surface area contributed by atoms with E-state index >= 15 is 0 Å². The third-order valence-corrected chi connectivity index (χ3v) is 9.25. The Hall–Kier alpha value is -2.35. The maximum Gasteiger partial charge on any atom is 1.00 e. The second-order valence-corrected chi connectivity index (χ2v) is 14.8. The van der Waals surface area contributed by atoms with Crippen molar-refractivity contribution in [2.75, 3.05) is 73.7 Å². The zero-order valence-corrected chi connectivity index (χ0v) is 39.6. The molecule has 0 saturated carbocycles. The predicted octanol–water partition coefficient (Wildman–Crippen LogP) is -9.70. The summed E-state index contributed by atoms with van der Waals surface area (Å²) in [6.45, 7) is -0.829. The zero-order valence-electron chi connectivity index (χ0n) is 31.1. The Balaban J connectivity index is 0.00000541. The van der Waals surface area contributed by atoms with Crippen molar-refractivity contribution in [1.29, 1.82) is 0 Å². The number of hydrogen-bond donors (Lipinski definition) is 5. The molecular weight excluding hydrogens is 850 g/mol. The summed E-state index contributed by atoms with van der Waals surface area (Å²) in [4.78, 5) is 24.1. The molecule has 0 radical (unpaired) electrons. The van der Waals surface area contributed by atoms with Crippen molar-refractivity contribution in [1.82, 2.24) is 29.9 Å². The molecule has 2 aromatic heterocycles. The number of nitrogens with zero attached hydrogens (tertiary/aromatic N) is 7. The summed E-state index contributed by atoms with van der Waals surface area (Å²) in [7, 11) is -12.4. The quantitative estimate of drug-likeness (QED) is 0.0332. The molecule has 0 aliphatic rings. The minimum absolute atomic E-state index is 0. The van der Waals surface area contributed by atoms with E-state index in [-0.39, 0.29) is 180 Å². The molecule has 2 aromatic carbocycles. The molecule has 4 rings (SSSR count). The molecule has 0 amide bonds. The average molecular weight is 881 g/mol. The number of anilines is 6. The molecule has 0 unspecified atom stereocenters. The molecule has 0 bridgehead atoms. The van der Waals surface area contributed by atoms with E-state index in [0.717, 1.165) is 24.3 Å². The van der Waals surface area contributed by atoms with Crippen LogP contribution in [0.3, 0.4) is 0 Å².